The molecule has 1 aliphatic rings. The van der Waals surface area contributed by atoms with E-state index in [1.165, 1.54) is 0 Å². The predicted octanol–water partition coefficient (Wildman–Crippen LogP) is 0.460. The van der Waals surface area contributed by atoms with Crippen LogP contribution in [0, 0.1) is 0 Å². The minimum absolute atomic E-state index is 0.164. The van der Waals surface area contributed by atoms with E-state index in [1.54, 1.807) is 18.2 Å². The number of phenolic OH excluding ortho intramolecular Hbond substituents is 2. The number of nitrogens with one attached hydrogen (secondary N) is 1. The van der Waals surface area contributed by atoms with Crippen molar-refractivity contribution in [2.75, 3.05) is 19.8 Å². The van der Waals surface area contributed by atoms with Gasteiger partial charge in [-0.05, 0) is 12.1 Å². The first-order chi connectivity index (χ1) is 6.77. The van der Waals surface area contributed by atoms with Gasteiger partial charge < -0.3 is 15.5 Å². The van der Waals surface area contributed by atoms with Crippen LogP contribution in [-0.4, -0.2) is 34.9 Å². The van der Waals surface area contributed by atoms with E-state index >= 15 is 0 Å². The molecule has 3 N–H and O–H groups in total. The maximum Gasteiger partial charge on any atom is 0.123 e. The molecule has 0 amide bonds. The molecule has 1 aromatic rings. The Morgan fingerprint density at radius 2 is 2.00 bits per heavy atom. The van der Waals surface area contributed by atoms with Gasteiger partial charge in [-0.2, -0.15) is 0 Å². The lowest BCUT2D eigenvalue weighted by atomic mass is 10.1. The molecular formula is C10H14N2O2. The molecule has 1 aromatic carbocycles. The molecule has 1 aliphatic heterocycles. The van der Waals surface area contributed by atoms with Crippen molar-refractivity contribution in [3.8, 4) is 11.5 Å². The van der Waals surface area contributed by atoms with Crippen molar-refractivity contribution in [3.05, 3.63) is 23.8 Å². The van der Waals surface area contributed by atoms with Crippen molar-refractivity contribution in [2.24, 2.45) is 0 Å². The molecule has 0 saturated carbocycles. The van der Waals surface area contributed by atoms with E-state index in [4.69, 9.17) is 0 Å². The number of benzene rings is 1. The Morgan fingerprint density at radius 3 is 2.57 bits per heavy atom. The highest BCUT2D eigenvalue weighted by atomic mass is 16.3. The SMILES string of the molecule is Oc1cccc(O)c1CN1CCNC1. The van der Waals surface area contributed by atoms with Gasteiger partial charge in [-0.25, -0.2) is 0 Å². The molecule has 1 saturated heterocycles. The normalized spacial score (nSPS) is 17.4. The summed E-state index contributed by atoms with van der Waals surface area (Å²) in [7, 11) is 0. The van der Waals surface area contributed by atoms with Crippen LogP contribution in [0.1, 0.15) is 5.56 Å². The molecule has 76 valence electrons. The maximum absolute atomic E-state index is 9.54. The Labute approximate surface area is 82.8 Å². The second-order valence-electron chi connectivity index (χ2n) is 3.49. The van der Waals surface area contributed by atoms with Gasteiger partial charge in [0.1, 0.15) is 11.5 Å². The highest BCUT2D eigenvalue weighted by Crippen LogP contribution is 2.27. The first-order valence-corrected chi connectivity index (χ1v) is 4.70. The fourth-order valence-corrected chi connectivity index (χ4v) is 1.64. The Hall–Kier alpha value is -1.26. The van der Waals surface area contributed by atoms with Crippen LogP contribution >= 0.6 is 0 Å². The summed E-state index contributed by atoms with van der Waals surface area (Å²) >= 11 is 0. The van der Waals surface area contributed by atoms with Crippen molar-refractivity contribution in [1.29, 1.82) is 0 Å². The lowest BCUT2D eigenvalue weighted by Gasteiger charge is -2.15. The quantitative estimate of drug-likeness (QED) is 0.640. The van der Waals surface area contributed by atoms with Crippen LogP contribution in [-0.2, 0) is 6.54 Å². The summed E-state index contributed by atoms with van der Waals surface area (Å²) in [6.45, 7) is 3.32. The third-order valence-electron chi connectivity index (χ3n) is 2.45. The van der Waals surface area contributed by atoms with Gasteiger partial charge in [-0.3, -0.25) is 4.90 Å². The molecule has 1 fully saturated rings. The predicted molar refractivity (Wildman–Crippen MR) is 53.1 cm³/mol. The molecule has 0 spiro atoms. The fourth-order valence-electron chi connectivity index (χ4n) is 1.64. The minimum atomic E-state index is 0.164. The van der Waals surface area contributed by atoms with Gasteiger partial charge in [0.05, 0.1) is 0 Å². The van der Waals surface area contributed by atoms with Gasteiger partial charge in [-0.15, -0.1) is 0 Å². The van der Waals surface area contributed by atoms with E-state index < -0.39 is 0 Å². The summed E-state index contributed by atoms with van der Waals surface area (Å²) in [5.41, 5.74) is 0.608. The summed E-state index contributed by atoms with van der Waals surface area (Å²) in [4.78, 5) is 2.13. The van der Waals surface area contributed by atoms with Gasteiger partial charge in [-0.1, -0.05) is 6.07 Å². The maximum atomic E-state index is 9.54. The topological polar surface area (TPSA) is 55.7 Å². The first-order valence-electron chi connectivity index (χ1n) is 4.70. The van der Waals surface area contributed by atoms with Crippen LogP contribution in [0.2, 0.25) is 0 Å². The zero-order chi connectivity index (χ0) is 9.97. The monoisotopic (exact) mass is 194 g/mol. The number of aromatic hydroxyl groups is 2. The van der Waals surface area contributed by atoms with Crippen molar-refractivity contribution < 1.29 is 10.2 Å². The molecule has 0 radical (unpaired) electrons. The smallest absolute Gasteiger partial charge is 0.123 e. The van der Waals surface area contributed by atoms with Gasteiger partial charge in [0.15, 0.2) is 0 Å². The van der Waals surface area contributed by atoms with Crippen molar-refractivity contribution in [3.63, 3.8) is 0 Å². The largest absolute Gasteiger partial charge is 0.507 e. The van der Waals surface area contributed by atoms with Crippen LogP contribution in [0.5, 0.6) is 11.5 Å². The molecular weight excluding hydrogens is 180 g/mol. The van der Waals surface area contributed by atoms with Gasteiger partial charge in [0.2, 0.25) is 0 Å². The standard InChI is InChI=1S/C10H14N2O2/c13-9-2-1-3-10(14)8(9)6-12-5-4-11-7-12/h1-3,11,13-14H,4-7H2. The highest BCUT2D eigenvalue weighted by Gasteiger charge is 2.15. The Bertz CT molecular complexity index is 302. The lowest BCUT2D eigenvalue weighted by Crippen LogP contribution is -2.21. The van der Waals surface area contributed by atoms with Gasteiger partial charge in [0, 0.05) is 31.9 Å². The molecule has 0 atom stereocenters. The highest BCUT2D eigenvalue weighted by molar-refractivity contribution is 5.42. The molecule has 1 heterocycles. The molecule has 4 heteroatoms. The Kier molecular flexibility index (Phi) is 2.56. The summed E-state index contributed by atoms with van der Waals surface area (Å²) in [5, 5.41) is 22.3. The van der Waals surface area contributed by atoms with E-state index in [1.807, 2.05) is 0 Å². The van der Waals surface area contributed by atoms with E-state index in [9.17, 15) is 10.2 Å². The molecule has 0 bridgehead atoms. The van der Waals surface area contributed by atoms with Crippen LogP contribution < -0.4 is 5.32 Å². The average Bonchev–Trinajstić information content (AvgIpc) is 2.64. The summed E-state index contributed by atoms with van der Waals surface area (Å²) in [5.74, 6) is 0.328. The minimum Gasteiger partial charge on any atom is -0.507 e. The van der Waals surface area contributed by atoms with Crippen LogP contribution in [0.25, 0.3) is 0 Å². The third kappa shape index (κ3) is 1.81. The molecule has 14 heavy (non-hydrogen) atoms. The van der Waals surface area contributed by atoms with Crippen LogP contribution in [0.3, 0.4) is 0 Å². The average molecular weight is 194 g/mol. The molecule has 0 unspecified atom stereocenters. The molecule has 2 rings (SSSR count). The van der Waals surface area contributed by atoms with E-state index in [0.29, 0.717) is 12.1 Å². The summed E-state index contributed by atoms with van der Waals surface area (Å²) < 4.78 is 0. The van der Waals surface area contributed by atoms with Crippen LogP contribution in [0.4, 0.5) is 0 Å². The first kappa shape index (κ1) is 9.30. The van der Waals surface area contributed by atoms with Crippen molar-refractivity contribution in [1.82, 2.24) is 10.2 Å². The summed E-state index contributed by atoms with van der Waals surface area (Å²) in [6.07, 6.45) is 0. The Balaban J connectivity index is 2.14. The zero-order valence-corrected chi connectivity index (χ0v) is 7.90. The zero-order valence-electron chi connectivity index (χ0n) is 7.90. The van der Waals surface area contributed by atoms with Gasteiger partial charge >= 0.3 is 0 Å². The van der Waals surface area contributed by atoms with E-state index in [-0.39, 0.29) is 11.5 Å². The van der Waals surface area contributed by atoms with Crippen LogP contribution in [0.15, 0.2) is 18.2 Å². The number of hydrogen-bond donors (Lipinski definition) is 3. The number of phenols is 2. The molecule has 4 nitrogen and oxygen atoms in total. The number of nitrogens with zero attached hydrogens (tertiary/aromatic N) is 1. The molecule has 0 aliphatic carbocycles. The lowest BCUT2D eigenvalue weighted by molar-refractivity contribution is 0.312. The van der Waals surface area contributed by atoms with E-state index in [0.717, 1.165) is 19.8 Å². The second kappa shape index (κ2) is 3.86. The third-order valence-corrected chi connectivity index (χ3v) is 2.45. The van der Waals surface area contributed by atoms with Gasteiger partial charge in [0.25, 0.3) is 0 Å². The molecule has 0 aromatic heterocycles. The van der Waals surface area contributed by atoms with E-state index in [2.05, 4.69) is 10.2 Å². The second-order valence-corrected chi connectivity index (χ2v) is 3.49. The van der Waals surface area contributed by atoms with Crippen molar-refractivity contribution in [2.45, 2.75) is 6.54 Å². The summed E-state index contributed by atoms with van der Waals surface area (Å²) in [6, 6.07) is 4.83. The number of hydrogen-bond acceptors (Lipinski definition) is 4. The van der Waals surface area contributed by atoms with Crippen molar-refractivity contribution >= 4 is 0 Å². The fraction of sp³-hybridized carbons (Fsp3) is 0.400. The Morgan fingerprint density at radius 1 is 1.29 bits per heavy atom. The number of rotatable bonds is 2.